The van der Waals surface area contributed by atoms with Crippen LogP contribution >= 0.6 is 11.3 Å². The summed E-state index contributed by atoms with van der Waals surface area (Å²) in [5, 5.41) is 9.64. The molecule has 6 heteroatoms. The lowest BCUT2D eigenvalue weighted by Gasteiger charge is -2.16. The minimum Gasteiger partial charge on any atom is -0.383 e. The van der Waals surface area contributed by atoms with Gasteiger partial charge in [-0.3, -0.25) is 4.99 Å². The molecule has 1 unspecified atom stereocenters. The second-order valence-corrected chi connectivity index (χ2v) is 5.79. The Morgan fingerprint density at radius 3 is 2.82 bits per heavy atom. The van der Waals surface area contributed by atoms with Gasteiger partial charge in [0.25, 0.3) is 0 Å². The van der Waals surface area contributed by atoms with E-state index < -0.39 is 0 Å². The first-order chi connectivity index (χ1) is 10.7. The molecular formula is C16H22N4OS. The summed E-state index contributed by atoms with van der Waals surface area (Å²) in [7, 11) is 3.44. The molecule has 5 nitrogen and oxygen atoms in total. The van der Waals surface area contributed by atoms with Gasteiger partial charge in [0.2, 0.25) is 0 Å². The molecule has 2 aromatic rings. The third-order valence-corrected chi connectivity index (χ3v) is 3.97. The van der Waals surface area contributed by atoms with Crippen LogP contribution in [-0.4, -0.2) is 37.7 Å². The maximum absolute atomic E-state index is 5.11. The Balaban J connectivity index is 1.90. The number of hydrogen-bond acceptors (Lipinski definition) is 4. The maximum atomic E-state index is 5.11. The number of aliphatic imine (C=N–C) groups is 1. The van der Waals surface area contributed by atoms with Crippen LogP contribution in [-0.2, 0) is 11.3 Å². The van der Waals surface area contributed by atoms with E-state index in [4.69, 9.17) is 4.74 Å². The molecule has 118 valence electrons. The van der Waals surface area contributed by atoms with E-state index in [1.54, 1.807) is 25.5 Å². The molecular weight excluding hydrogens is 296 g/mol. The molecule has 0 saturated carbocycles. The Kier molecular flexibility index (Phi) is 6.36. The summed E-state index contributed by atoms with van der Waals surface area (Å²) in [6.45, 7) is 3.32. The van der Waals surface area contributed by atoms with Crippen molar-refractivity contribution in [1.82, 2.24) is 15.6 Å². The molecule has 0 saturated heterocycles. The third-order valence-electron chi connectivity index (χ3n) is 3.03. The van der Waals surface area contributed by atoms with E-state index in [9.17, 15) is 0 Å². The highest BCUT2D eigenvalue weighted by Gasteiger charge is 2.07. The van der Waals surface area contributed by atoms with E-state index in [1.165, 1.54) is 0 Å². The van der Waals surface area contributed by atoms with Crippen LogP contribution in [0.5, 0.6) is 0 Å². The summed E-state index contributed by atoms with van der Waals surface area (Å²) >= 11 is 1.65. The molecule has 1 aromatic carbocycles. The summed E-state index contributed by atoms with van der Waals surface area (Å²) in [6.07, 6.45) is 0. The van der Waals surface area contributed by atoms with Gasteiger partial charge in [-0.25, -0.2) is 4.98 Å². The van der Waals surface area contributed by atoms with Crippen molar-refractivity contribution < 1.29 is 4.74 Å². The molecule has 2 N–H and O–H groups in total. The number of guanidine groups is 1. The van der Waals surface area contributed by atoms with Crippen LogP contribution in [0.1, 0.15) is 12.6 Å². The van der Waals surface area contributed by atoms with Crippen LogP contribution in [0.4, 0.5) is 0 Å². The van der Waals surface area contributed by atoms with Crippen molar-refractivity contribution in [1.29, 1.82) is 0 Å². The fourth-order valence-electron chi connectivity index (χ4n) is 2.00. The molecule has 1 aromatic heterocycles. The van der Waals surface area contributed by atoms with Gasteiger partial charge in [-0.2, -0.15) is 0 Å². The Bertz CT molecular complexity index is 597. The van der Waals surface area contributed by atoms with Gasteiger partial charge in [0, 0.05) is 31.1 Å². The molecule has 22 heavy (non-hydrogen) atoms. The van der Waals surface area contributed by atoms with Crippen LogP contribution in [0.25, 0.3) is 10.6 Å². The molecule has 0 fully saturated rings. The summed E-state index contributed by atoms with van der Waals surface area (Å²) in [4.78, 5) is 8.86. The van der Waals surface area contributed by atoms with Crippen molar-refractivity contribution in [2.75, 3.05) is 20.8 Å². The van der Waals surface area contributed by atoms with Gasteiger partial charge in [0.1, 0.15) is 5.01 Å². The second-order valence-electron chi connectivity index (χ2n) is 4.94. The van der Waals surface area contributed by atoms with Gasteiger partial charge in [-0.15, -0.1) is 11.3 Å². The number of methoxy groups -OCH3 is 1. The van der Waals surface area contributed by atoms with Crippen molar-refractivity contribution in [3.05, 3.63) is 41.4 Å². The first-order valence-corrected chi connectivity index (χ1v) is 8.07. The summed E-state index contributed by atoms with van der Waals surface area (Å²) in [5.41, 5.74) is 2.15. The Hall–Kier alpha value is -1.92. The zero-order valence-electron chi connectivity index (χ0n) is 13.2. The van der Waals surface area contributed by atoms with Crippen LogP contribution in [0, 0.1) is 0 Å². The lowest BCUT2D eigenvalue weighted by Crippen LogP contribution is -2.43. The van der Waals surface area contributed by atoms with E-state index >= 15 is 0 Å². The molecule has 1 atom stereocenters. The fraction of sp³-hybridized carbons (Fsp3) is 0.375. The molecule has 0 aliphatic rings. The van der Waals surface area contributed by atoms with Gasteiger partial charge >= 0.3 is 0 Å². The maximum Gasteiger partial charge on any atom is 0.191 e. The number of rotatable bonds is 6. The minimum atomic E-state index is 0.200. The predicted octanol–water partition coefficient (Wildman–Crippen LogP) is 2.51. The van der Waals surface area contributed by atoms with E-state index in [2.05, 4.69) is 38.1 Å². The molecule has 0 aliphatic heterocycles. The van der Waals surface area contributed by atoms with Crippen LogP contribution in [0.2, 0.25) is 0 Å². The van der Waals surface area contributed by atoms with E-state index in [1.807, 2.05) is 25.1 Å². The third kappa shape index (κ3) is 4.82. The number of benzene rings is 1. The van der Waals surface area contributed by atoms with Crippen molar-refractivity contribution in [3.63, 3.8) is 0 Å². The number of nitrogens with zero attached hydrogens (tertiary/aromatic N) is 2. The number of nitrogens with one attached hydrogen (secondary N) is 2. The molecule has 1 heterocycles. The van der Waals surface area contributed by atoms with Gasteiger partial charge in [0.15, 0.2) is 5.96 Å². The van der Waals surface area contributed by atoms with Crippen LogP contribution < -0.4 is 10.6 Å². The Labute approximate surface area is 135 Å². The predicted molar refractivity (Wildman–Crippen MR) is 92.2 cm³/mol. The molecule has 0 spiro atoms. The van der Waals surface area contributed by atoms with Crippen LogP contribution in [0.15, 0.2) is 40.7 Å². The highest BCUT2D eigenvalue weighted by molar-refractivity contribution is 7.13. The van der Waals surface area contributed by atoms with Gasteiger partial charge in [0.05, 0.1) is 18.8 Å². The molecule has 0 aliphatic carbocycles. The SMILES string of the molecule is CN=C(NCc1csc(-c2ccccc2)n1)NC(C)COC. The lowest BCUT2D eigenvalue weighted by atomic mass is 10.2. The normalized spacial score (nSPS) is 13.0. The van der Waals surface area contributed by atoms with Gasteiger partial charge < -0.3 is 15.4 Å². The standard InChI is InChI=1S/C16H22N4OS/c1-12(10-21-3)19-16(17-2)18-9-14-11-22-15(20-14)13-7-5-4-6-8-13/h4-8,11-12H,9-10H2,1-3H3,(H2,17,18,19). The van der Waals surface area contributed by atoms with Crippen molar-refractivity contribution in [2.24, 2.45) is 4.99 Å². The first kappa shape index (κ1) is 16.5. The average molecular weight is 318 g/mol. The zero-order valence-corrected chi connectivity index (χ0v) is 14.0. The van der Waals surface area contributed by atoms with E-state index in [0.29, 0.717) is 13.2 Å². The summed E-state index contributed by atoms with van der Waals surface area (Å²) in [6, 6.07) is 10.4. The topological polar surface area (TPSA) is 58.5 Å². The number of aromatic nitrogens is 1. The van der Waals surface area contributed by atoms with Crippen molar-refractivity contribution >= 4 is 17.3 Å². The van der Waals surface area contributed by atoms with E-state index in [0.717, 1.165) is 22.2 Å². The Morgan fingerprint density at radius 1 is 1.36 bits per heavy atom. The second kappa shape index (κ2) is 8.51. The van der Waals surface area contributed by atoms with E-state index in [-0.39, 0.29) is 6.04 Å². The summed E-state index contributed by atoms with van der Waals surface area (Å²) in [5.74, 6) is 0.749. The molecule has 0 amide bonds. The minimum absolute atomic E-state index is 0.200. The summed E-state index contributed by atoms with van der Waals surface area (Å²) < 4.78 is 5.11. The monoisotopic (exact) mass is 318 g/mol. The van der Waals surface area contributed by atoms with Crippen LogP contribution in [0.3, 0.4) is 0 Å². The molecule has 0 bridgehead atoms. The Morgan fingerprint density at radius 2 is 2.14 bits per heavy atom. The van der Waals surface area contributed by atoms with Gasteiger partial charge in [-0.05, 0) is 6.92 Å². The van der Waals surface area contributed by atoms with Crippen molar-refractivity contribution in [3.8, 4) is 10.6 Å². The highest BCUT2D eigenvalue weighted by atomic mass is 32.1. The largest absolute Gasteiger partial charge is 0.383 e. The fourth-order valence-corrected chi connectivity index (χ4v) is 2.82. The number of hydrogen-bond donors (Lipinski definition) is 2. The molecule has 2 rings (SSSR count). The first-order valence-electron chi connectivity index (χ1n) is 7.19. The highest BCUT2D eigenvalue weighted by Crippen LogP contribution is 2.23. The quantitative estimate of drug-likeness (QED) is 0.635. The van der Waals surface area contributed by atoms with Crippen molar-refractivity contribution in [2.45, 2.75) is 19.5 Å². The lowest BCUT2D eigenvalue weighted by molar-refractivity contribution is 0.179. The molecule has 0 radical (unpaired) electrons. The van der Waals surface area contributed by atoms with Gasteiger partial charge in [-0.1, -0.05) is 30.3 Å². The smallest absolute Gasteiger partial charge is 0.191 e. The number of ether oxygens (including phenoxy) is 1. The number of thiazole rings is 1. The zero-order chi connectivity index (χ0) is 15.8. The average Bonchev–Trinajstić information content (AvgIpc) is 3.01.